The third-order valence-electron chi connectivity index (χ3n) is 6.62. The zero-order valence-electron chi connectivity index (χ0n) is 16.5. The van der Waals surface area contributed by atoms with Gasteiger partial charge in [-0.15, -0.1) is 0 Å². The van der Waals surface area contributed by atoms with Crippen LogP contribution in [0.1, 0.15) is 28.8 Å². The average Bonchev–Trinajstić information content (AvgIpc) is 3.21. The number of carbonyl (C=O) groups excluding carboxylic acids is 2. The highest BCUT2D eigenvalue weighted by molar-refractivity contribution is 6.06. The van der Waals surface area contributed by atoms with Crippen molar-refractivity contribution in [1.82, 2.24) is 9.80 Å². The highest BCUT2D eigenvalue weighted by Crippen LogP contribution is 2.58. The van der Waals surface area contributed by atoms with E-state index in [0.717, 1.165) is 24.3 Å². The minimum Gasteiger partial charge on any atom is -0.489 e. The first kappa shape index (κ1) is 18.1. The van der Waals surface area contributed by atoms with Crippen LogP contribution >= 0.6 is 0 Å². The molecule has 2 saturated heterocycles. The number of benzene rings is 2. The summed E-state index contributed by atoms with van der Waals surface area (Å²) in [6.45, 7) is 4.96. The Kier molecular flexibility index (Phi) is 4.28. The fourth-order valence-electron chi connectivity index (χ4n) is 5.44. The fraction of sp³-hybridized carbons (Fsp3) is 0.333. The lowest BCUT2D eigenvalue weighted by molar-refractivity contribution is -0.140. The molecular weight excluding hydrogens is 364 g/mol. The van der Waals surface area contributed by atoms with Crippen LogP contribution in [-0.2, 0) is 16.0 Å². The van der Waals surface area contributed by atoms with Gasteiger partial charge in [-0.2, -0.15) is 0 Å². The molecule has 5 rings (SSSR count). The SMILES string of the molecule is C=CCOc1ccccc1[C@H]1[C@@H]2C(=O)N(C)C(=O)[C@@H]2[C@@H]2c3ccccc3CCN12. The molecule has 4 atom stereocenters. The Morgan fingerprint density at radius 2 is 1.62 bits per heavy atom. The Morgan fingerprint density at radius 1 is 1.00 bits per heavy atom. The van der Waals surface area contributed by atoms with Crippen molar-refractivity contribution in [3.63, 3.8) is 0 Å². The van der Waals surface area contributed by atoms with E-state index in [9.17, 15) is 9.59 Å². The Balaban J connectivity index is 1.67. The van der Waals surface area contributed by atoms with Gasteiger partial charge in [0.2, 0.25) is 11.8 Å². The Hall–Kier alpha value is -2.92. The predicted octanol–water partition coefficient (Wildman–Crippen LogP) is 3.14. The predicted molar refractivity (Wildman–Crippen MR) is 109 cm³/mol. The molecule has 0 radical (unpaired) electrons. The number of nitrogens with zero attached hydrogens (tertiary/aromatic N) is 2. The summed E-state index contributed by atoms with van der Waals surface area (Å²) < 4.78 is 5.93. The summed E-state index contributed by atoms with van der Waals surface area (Å²) in [6.07, 6.45) is 2.63. The normalized spacial score (nSPS) is 28.1. The molecule has 5 nitrogen and oxygen atoms in total. The monoisotopic (exact) mass is 388 g/mol. The summed E-state index contributed by atoms with van der Waals surface area (Å²) in [6, 6.07) is 15.9. The molecule has 0 aromatic heterocycles. The number of fused-ring (bicyclic) bond motifs is 5. The first-order chi connectivity index (χ1) is 14.1. The van der Waals surface area contributed by atoms with Crippen molar-refractivity contribution >= 4 is 11.8 Å². The number of rotatable bonds is 4. The summed E-state index contributed by atoms with van der Waals surface area (Å²) >= 11 is 0. The molecule has 148 valence electrons. The van der Waals surface area contributed by atoms with Gasteiger partial charge in [-0.05, 0) is 23.6 Å². The van der Waals surface area contributed by atoms with Crippen molar-refractivity contribution in [2.45, 2.75) is 18.5 Å². The molecule has 2 aromatic carbocycles. The second-order valence-corrected chi connectivity index (χ2v) is 8.00. The van der Waals surface area contributed by atoms with E-state index in [1.165, 1.54) is 16.0 Å². The first-order valence-corrected chi connectivity index (χ1v) is 10.1. The van der Waals surface area contributed by atoms with E-state index < -0.39 is 5.92 Å². The van der Waals surface area contributed by atoms with Gasteiger partial charge in [-0.25, -0.2) is 0 Å². The molecule has 0 N–H and O–H groups in total. The van der Waals surface area contributed by atoms with Crippen LogP contribution in [0.5, 0.6) is 5.75 Å². The minimum absolute atomic E-state index is 0.0707. The van der Waals surface area contributed by atoms with Gasteiger partial charge in [0.05, 0.1) is 17.9 Å². The second kappa shape index (κ2) is 6.85. The van der Waals surface area contributed by atoms with Gasteiger partial charge in [-0.1, -0.05) is 55.1 Å². The molecular formula is C24H24N2O3. The molecule has 0 aliphatic carbocycles. The van der Waals surface area contributed by atoms with Gasteiger partial charge in [0.15, 0.2) is 0 Å². The first-order valence-electron chi connectivity index (χ1n) is 10.1. The summed E-state index contributed by atoms with van der Waals surface area (Å²) in [5.41, 5.74) is 3.43. The van der Waals surface area contributed by atoms with E-state index in [0.29, 0.717) is 6.61 Å². The summed E-state index contributed by atoms with van der Waals surface area (Å²) in [7, 11) is 1.61. The number of para-hydroxylation sites is 1. The van der Waals surface area contributed by atoms with E-state index >= 15 is 0 Å². The fourth-order valence-corrected chi connectivity index (χ4v) is 5.44. The summed E-state index contributed by atoms with van der Waals surface area (Å²) in [4.78, 5) is 30.0. The van der Waals surface area contributed by atoms with Crippen LogP contribution in [-0.4, -0.2) is 41.8 Å². The Labute approximate surface area is 170 Å². The van der Waals surface area contributed by atoms with Crippen LogP contribution in [0.4, 0.5) is 0 Å². The largest absolute Gasteiger partial charge is 0.489 e. The molecule has 29 heavy (non-hydrogen) atoms. The smallest absolute Gasteiger partial charge is 0.234 e. The average molecular weight is 388 g/mol. The molecule has 5 heteroatoms. The maximum atomic E-state index is 13.2. The van der Waals surface area contributed by atoms with Crippen molar-refractivity contribution in [2.24, 2.45) is 11.8 Å². The van der Waals surface area contributed by atoms with Gasteiger partial charge in [0.1, 0.15) is 12.4 Å². The zero-order chi connectivity index (χ0) is 20.1. The molecule has 0 spiro atoms. The lowest BCUT2D eigenvalue weighted by Crippen LogP contribution is -2.40. The van der Waals surface area contributed by atoms with Gasteiger partial charge in [0, 0.05) is 25.2 Å². The molecule has 0 bridgehead atoms. The molecule has 2 aromatic rings. The number of hydrogen-bond acceptors (Lipinski definition) is 4. The van der Waals surface area contributed by atoms with E-state index in [1.54, 1.807) is 13.1 Å². The van der Waals surface area contributed by atoms with Gasteiger partial charge >= 0.3 is 0 Å². The van der Waals surface area contributed by atoms with Crippen LogP contribution in [0.25, 0.3) is 0 Å². The third-order valence-corrected chi connectivity index (χ3v) is 6.62. The van der Waals surface area contributed by atoms with Crippen LogP contribution in [0.2, 0.25) is 0 Å². The van der Waals surface area contributed by atoms with E-state index in [-0.39, 0.29) is 29.8 Å². The number of amides is 2. The number of carbonyl (C=O) groups is 2. The van der Waals surface area contributed by atoms with Crippen molar-refractivity contribution in [2.75, 3.05) is 20.2 Å². The van der Waals surface area contributed by atoms with Crippen molar-refractivity contribution in [1.29, 1.82) is 0 Å². The zero-order valence-corrected chi connectivity index (χ0v) is 16.5. The lowest BCUT2D eigenvalue weighted by atomic mass is 9.83. The quantitative estimate of drug-likeness (QED) is 0.596. The van der Waals surface area contributed by atoms with Gasteiger partial charge in [-0.3, -0.25) is 19.4 Å². The molecule has 3 heterocycles. The molecule has 0 saturated carbocycles. The van der Waals surface area contributed by atoms with Gasteiger partial charge < -0.3 is 4.74 Å². The minimum atomic E-state index is -0.392. The standard InChI is InChI=1S/C24H24N2O3/c1-3-14-29-18-11-7-6-10-17(18)22-20-19(23(27)25(2)24(20)28)21-16-9-5-4-8-15(16)12-13-26(21)22/h3-11,19-22H,1,12-14H2,2H3/t19-,20+,21-,22-/m0/s1. The molecule has 3 aliphatic heterocycles. The lowest BCUT2D eigenvalue weighted by Gasteiger charge is -2.38. The van der Waals surface area contributed by atoms with E-state index in [1.807, 2.05) is 36.4 Å². The van der Waals surface area contributed by atoms with Crippen LogP contribution in [0, 0.1) is 11.8 Å². The summed E-state index contributed by atoms with van der Waals surface area (Å²) in [5.74, 6) is -0.150. The van der Waals surface area contributed by atoms with E-state index in [4.69, 9.17) is 4.74 Å². The van der Waals surface area contributed by atoms with Crippen molar-refractivity contribution in [3.05, 3.63) is 77.9 Å². The Morgan fingerprint density at radius 3 is 2.34 bits per heavy atom. The molecule has 3 aliphatic rings. The van der Waals surface area contributed by atoms with Crippen molar-refractivity contribution in [3.8, 4) is 5.75 Å². The van der Waals surface area contributed by atoms with Gasteiger partial charge in [0.25, 0.3) is 0 Å². The van der Waals surface area contributed by atoms with Crippen molar-refractivity contribution < 1.29 is 14.3 Å². The number of imide groups is 1. The maximum Gasteiger partial charge on any atom is 0.234 e. The number of hydrogen-bond donors (Lipinski definition) is 0. The van der Waals surface area contributed by atoms with E-state index in [2.05, 4.69) is 23.6 Å². The van der Waals surface area contributed by atoms with Crippen LogP contribution in [0.15, 0.2) is 61.2 Å². The number of likely N-dealkylation sites (tertiary alicyclic amines) is 1. The Bertz CT molecular complexity index is 1000. The highest BCUT2D eigenvalue weighted by atomic mass is 16.5. The topological polar surface area (TPSA) is 49.9 Å². The molecule has 0 unspecified atom stereocenters. The maximum absolute atomic E-state index is 13.2. The molecule has 2 fully saturated rings. The highest BCUT2D eigenvalue weighted by Gasteiger charge is 2.62. The van der Waals surface area contributed by atoms with Crippen LogP contribution in [0.3, 0.4) is 0 Å². The second-order valence-electron chi connectivity index (χ2n) is 8.00. The molecule has 2 amide bonds. The third kappa shape index (κ3) is 2.57. The van der Waals surface area contributed by atoms with Crippen LogP contribution < -0.4 is 4.74 Å². The summed E-state index contributed by atoms with van der Waals surface area (Å²) in [5, 5.41) is 0. The number of ether oxygens (including phenoxy) is 1.